The van der Waals surface area contributed by atoms with Crippen molar-refractivity contribution in [3.05, 3.63) is 41.7 Å². The van der Waals surface area contributed by atoms with Crippen molar-refractivity contribution in [2.24, 2.45) is 0 Å². The number of carbonyl (C=O) groups is 1. The van der Waals surface area contributed by atoms with Gasteiger partial charge in [-0.2, -0.15) is 13.2 Å². The zero-order chi connectivity index (χ0) is 16.1. The molecular formula is C15H14F3N3O. The Morgan fingerprint density at radius 3 is 2.77 bits per heavy atom. The molecule has 0 unspecified atom stereocenters. The van der Waals surface area contributed by atoms with Crippen LogP contribution in [0.15, 0.2) is 24.9 Å². The van der Waals surface area contributed by atoms with Crippen LogP contribution in [0.5, 0.6) is 0 Å². The second kappa shape index (κ2) is 4.86. The molecule has 0 aromatic carbocycles. The molecule has 2 aromatic heterocycles. The SMILES string of the molecule is C=CC(=O)N1CCn2c(c(C)c3cc(C(F)(F)F)cnc32)C1. The van der Waals surface area contributed by atoms with Crippen LogP contribution in [0.25, 0.3) is 11.0 Å². The minimum Gasteiger partial charge on any atom is -0.332 e. The summed E-state index contributed by atoms with van der Waals surface area (Å²) in [5.41, 5.74) is 1.33. The summed E-state index contributed by atoms with van der Waals surface area (Å²) < 4.78 is 40.4. The Morgan fingerprint density at radius 2 is 2.14 bits per heavy atom. The summed E-state index contributed by atoms with van der Waals surface area (Å²) in [6.07, 6.45) is -2.31. The molecule has 3 heterocycles. The number of aromatic nitrogens is 2. The Balaban J connectivity index is 2.11. The maximum atomic E-state index is 12.8. The fourth-order valence-electron chi connectivity index (χ4n) is 2.83. The number of rotatable bonds is 1. The van der Waals surface area contributed by atoms with E-state index < -0.39 is 11.7 Å². The number of alkyl halides is 3. The Labute approximate surface area is 124 Å². The highest BCUT2D eigenvalue weighted by Gasteiger charge is 2.32. The number of nitrogens with zero attached hydrogens (tertiary/aromatic N) is 3. The van der Waals surface area contributed by atoms with E-state index in [1.165, 1.54) is 6.08 Å². The van der Waals surface area contributed by atoms with Crippen molar-refractivity contribution in [1.82, 2.24) is 14.5 Å². The van der Waals surface area contributed by atoms with E-state index in [2.05, 4.69) is 11.6 Å². The molecule has 0 spiro atoms. The van der Waals surface area contributed by atoms with Crippen molar-refractivity contribution in [2.45, 2.75) is 26.2 Å². The Bertz CT molecular complexity index is 776. The van der Waals surface area contributed by atoms with E-state index in [-0.39, 0.29) is 5.91 Å². The largest absolute Gasteiger partial charge is 0.417 e. The van der Waals surface area contributed by atoms with Crippen molar-refractivity contribution in [3.63, 3.8) is 0 Å². The lowest BCUT2D eigenvalue weighted by molar-refractivity contribution is -0.137. The molecule has 3 rings (SSSR count). The van der Waals surface area contributed by atoms with Crippen LogP contribution in [0.3, 0.4) is 0 Å². The summed E-state index contributed by atoms with van der Waals surface area (Å²) >= 11 is 0. The fourth-order valence-corrected chi connectivity index (χ4v) is 2.83. The van der Waals surface area contributed by atoms with Gasteiger partial charge in [0.25, 0.3) is 0 Å². The molecular weight excluding hydrogens is 295 g/mol. The van der Waals surface area contributed by atoms with Gasteiger partial charge < -0.3 is 9.47 Å². The van der Waals surface area contributed by atoms with E-state index in [0.717, 1.165) is 23.5 Å². The van der Waals surface area contributed by atoms with E-state index in [1.54, 1.807) is 11.8 Å². The van der Waals surface area contributed by atoms with E-state index in [1.807, 2.05) is 4.57 Å². The van der Waals surface area contributed by atoms with Gasteiger partial charge in [0.05, 0.1) is 12.1 Å². The molecule has 1 aliphatic rings. The summed E-state index contributed by atoms with van der Waals surface area (Å²) in [5, 5.41) is 0.484. The molecule has 1 amide bonds. The van der Waals surface area contributed by atoms with Crippen molar-refractivity contribution < 1.29 is 18.0 Å². The van der Waals surface area contributed by atoms with Gasteiger partial charge in [0.1, 0.15) is 5.65 Å². The van der Waals surface area contributed by atoms with Gasteiger partial charge >= 0.3 is 6.18 Å². The molecule has 0 bridgehead atoms. The molecule has 4 nitrogen and oxygen atoms in total. The van der Waals surface area contributed by atoms with Crippen LogP contribution in [0.2, 0.25) is 0 Å². The molecule has 22 heavy (non-hydrogen) atoms. The van der Waals surface area contributed by atoms with Gasteiger partial charge in [-0.1, -0.05) is 6.58 Å². The minimum absolute atomic E-state index is 0.181. The maximum absolute atomic E-state index is 12.8. The molecule has 0 radical (unpaired) electrons. The third kappa shape index (κ3) is 2.17. The lowest BCUT2D eigenvalue weighted by atomic mass is 10.1. The first-order valence-corrected chi connectivity index (χ1v) is 6.79. The highest BCUT2D eigenvalue weighted by Crippen LogP contribution is 2.34. The van der Waals surface area contributed by atoms with Crippen LogP contribution in [-0.2, 0) is 24.1 Å². The number of fused-ring (bicyclic) bond motifs is 3. The van der Waals surface area contributed by atoms with Crippen LogP contribution in [0.4, 0.5) is 13.2 Å². The number of hydrogen-bond donors (Lipinski definition) is 0. The first-order valence-electron chi connectivity index (χ1n) is 6.79. The molecule has 0 fully saturated rings. The molecule has 0 aliphatic carbocycles. The number of amides is 1. The predicted octanol–water partition coefficient (Wildman–Crippen LogP) is 2.89. The van der Waals surface area contributed by atoms with E-state index >= 15 is 0 Å². The number of carbonyl (C=O) groups excluding carboxylic acids is 1. The summed E-state index contributed by atoms with van der Waals surface area (Å²) in [5.74, 6) is -0.181. The maximum Gasteiger partial charge on any atom is 0.417 e. The minimum atomic E-state index is -4.42. The monoisotopic (exact) mass is 309 g/mol. The first-order chi connectivity index (χ1) is 10.3. The topological polar surface area (TPSA) is 38.1 Å². The number of hydrogen-bond acceptors (Lipinski definition) is 2. The third-order valence-electron chi connectivity index (χ3n) is 4.03. The Kier molecular flexibility index (Phi) is 3.23. The van der Waals surface area contributed by atoms with Gasteiger partial charge in [-0.25, -0.2) is 4.98 Å². The second-order valence-electron chi connectivity index (χ2n) is 5.28. The average molecular weight is 309 g/mol. The van der Waals surface area contributed by atoms with Gasteiger partial charge in [0, 0.05) is 30.4 Å². The normalized spacial score (nSPS) is 15.0. The summed E-state index contributed by atoms with van der Waals surface area (Å²) in [7, 11) is 0. The fraction of sp³-hybridized carbons (Fsp3) is 0.333. The van der Waals surface area contributed by atoms with Crippen molar-refractivity contribution in [3.8, 4) is 0 Å². The lowest BCUT2D eigenvalue weighted by Gasteiger charge is -2.28. The Hall–Kier alpha value is -2.31. The molecule has 0 N–H and O–H groups in total. The smallest absolute Gasteiger partial charge is 0.332 e. The number of aryl methyl sites for hydroxylation is 1. The van der Waals surface area contributed by atoms with Crippen LogP contribution < -0.4 is 0 Å². The highest BCUT2D eigenvalue weighted by molar-refractivity contribution is 5.88. The predicted molar refractivity (Wildman–Crippen MR) is 75.1 cm³/mol. The van der Waals surface area contributed by atoms with Crippen LogP contribution in [0, 0.1) is 6.92 Å². The van der Waals surface area contributed by atoms with Gasteiger partial charge in [-0.05, 0) is 24.6 Å². The van der Waals surface area contributed by atoms with E-state index in [4.69, 9.17) is 0 Å². The van der Waals surface area contributed by atoms with Gasteiger partial charge in [0.2, 0.25) is 5.91 Å². The first kappa shape index (κ1) is 14.6. The molecule has 1 aliphatic heterocycles. The Morgan fingerprint density at radius 1 is 1.41 bits per heavy atom. The standard InChI is InChI=1S/C15H14F3N3O/c1-3-13(22)20-4-5-21-12(8-20)9(2)11-6-10(15(16,17)18)7-19-14(11)21/h3,6-7H,1,4-5,8H2,2H3. The van der Waals surface area contributed by atoms with Gasteiger partial charge in [-0.15, -0.1) is 0 Å². The van der Waals surface area contributed by atoms with Crippen LogP contribution in [-0.4, -0.2) is 26.9 Å². The van der Waals surface area contributed by atoms with Crippen molar-refractivity contribution in [2.75, 3.05) is 6.54 Å². The second-order valence-corrected chi connectivity index (χ2v) is 5.28. The number of pyridine rings is 1. The van der Waals surface area contributed by atoms with E-state index in [0.29, 0.717) is 30.7 Å². The molecule has 0 atom stereocenters. The zero-order valence-corrected chi connectivity index (χ0v) is 11.9. The lowest BCUT2D eigenvalue weighted by Crippen LogP contribution is -2.37. The van der Waals surface area contributed by atoms with Crippen LogP contribution in [0.1, 0.15) is 16.8 Å². The molecule has 2 aromatic rings. The summed E-state index contributed by atoms with van der Waals surface area (Å²) in [6, 6.07) is 1.13. The quantitative estimate of drug-likeness (QED) is 0.760. The average Bonchev–Trinajstić information content (AvgIpc) is 2.78. The highest BCUT2D eigenvalue weighted by atomic mass is 19.4. The zero-order valence-electron chi connectivity index (χ0n) is 11.9. The molecule has 0 saturated heterocycles. The summed E-state index contributed by atoms with van der Waals surface area (Å²) in [6.45, 7) is 6.58. The molecule has 0 saturated carbocycles. The summed E-state index contributed by atoms with van der Waals surface area (Å²) in [4.78, 5) is 17.3. The molecule has 7 heteroatoms. The van der Waals surface area contributed by atoms with Gasteiger partial charge in [-0.3, -0.25) is 4.79 Å². The van der Waals surface area contributed by atoms with Crippen molar-refractivity contribution in [1.29, 1.82) is 0 Å². The van der Waals surface area contributed by atoms with Crippen molar-refractivity contribution >= 4 is 16.9 Å². The number of halogens is 3. The third-order valence-corrected chi connectivity index (χ3v) is 4.03. The molecule has 116 valence electrons. The van der Waals surface area contributed by atoms with Gasteiger partial charge in [0.15, 0.2) is 0 Å². The van der Waals surface area contributed by atoms with E-state index in [9.17, 15) is 18.0 Å². The van der Waals surface area contributed by atoms with Crippen LogP contribution >= 0.6 is 0 Å².